The van der Waals surface area contributed by atoms with Crippen LogP contribution in [-0.2, 0) is 5.41 Å². The highest BCUT2D eigenvalue weighted by Gasteiger charge is 2.72. The van der Waals surface area contributed by atoms with Crippen molar-refractivity contribution in [2.45, 2.75) is 36.6 Å². The zero-order chi connectivity index (χ0) is 20.2. The maximum atomic E-state index is 13.4. The SMILES string of the molecule is O=C(CN1CCC2(c3c(nc4nc(Br)[nH]n4c3=O)C3CC32)C2CC21)c1ccccc1. The molecule has 7 nitrogen and oxygen atoms in total. The van der Waals surface area contributed by atoms with Crippen LogP contribution in [0.25, 0.3) is 5.78 Å². The van der Waals surface area contributed by atoms with Gasteiger partial charge in [0, 0.05) is 28.5 Å². The number of nitrogens with zero attached hydrogens (tertiary/aromatic N) is 4. The number of carbonyl (C=O) groups is 1. The molecule has 1 aromatic carbocycles. The van der Waals surface area contributed by atoms with Crippen molar-refractivity contribution in [2.24, 2.45) is 11.8 Å². The Labute approximate surface area is 180 Å². The van der Waals surface area contributed by atoms with Gasteiger partial charge in [0.2, 0.25) is 0 Å². The highest BCUT2D eigenvalue weighted by atomic mass is 79.9. The number of piperidine rings is 1. The number of aromatic nitrogens is 4. The van der Waals surface area contributed by atoms with Gasteiger partial charge >= 0.3 is 0 Å². The molecule has 1 aliphatic heterocycles. The van der Waals surface area contributed by atoms with Crippen molar-refractivity contribution in [1.29, 1.82) is 0 Å². The summed E-state index contributed by atoms with van der Waals surface area (Å²) in [7, 11) is 0. The van der Waals surface area contributed by atoms with Crippen LogP contribution < -0.4 is 5.56 Å². The van der Waals surface area contributed by atoms with Crippen LogP contribution in [0, 0.1) is 11.8 Å². The molecular weight excluding hydrogens is 446 g/mol. The molecule has 1 spiro atoms. The van der Waals surface area contributed by atoms with Gasteiger partial charge in [-0.3, -0.25) is 19.6 Å². The molecule has 2 saturated carbocycles. The molecule has 1 N–H and O–H groups in total. The maximum Gasteiger partial charge on any atom is 0.278 e. The summed E-state index contributed by atoms with van der Waals surface area (Å²) in [5.74, 6) is 2.02. The smallest absolute Gasteiger partial charge is 0.278 e. The van der Waals surface area contributed by atoms with Crippen molar-refractivity contribution < 1.29 is 4.79 Å². The lowest BCUT2D eigenvalue weighted by Crippen LogP contribution is -2.48. The summed E-state index contributed by atoms with van der Waals surface area (Å²) in [5, 5.41) is 2.98. The third kappa shape index (κ3) is 2.13. The predicted molar refractivity (Wildman–Crippen MR) is 113 cm³/mol. The van der Waals surface area contributed by atoms with Crippen molar-refractivity contribution in [1.82, 2.24) is 24.5 Å². The van der Waals surface area contributed by atoms with Crippen LogP contribution in [0.3, 0.4) is 0 Å². The number of nitrogens with one attached hydrogen (secondary N) is 1. The number of hydrogen-bond donors (Lipinski definition) is 1. The van der Waals surface area contributed by atoms with Crippen molar-refractivity contribution >= 4 is 27.5 Å². The van der Waals surface area contributed by atoms with Crippen LogP contribution in [0.1, 0.15) is 46.8 Å². The Morgan fingerprint density at radius 2 is 2.03 bits per heavy atom. The average Bonchev–Trinajstić information content (AvgIpc) is 3.65. The molecule has 3 heterocycles. The number of H-pyrrole nitrogens is 1. The normalized spacial score (nSPS) is 33.4. The Morgan fingerprint density at radius 1 is 1.20 bits per heavy atom. The minimum Gasteiger partial charge on any atom is -0.293 e. The van der Waals surface area contributed by atoms with E-state index in [-0.39, 0.29) is 16.8 Å². The summed E-state index contributed by atoms with van der Waals surface area (Å²) in [5.41, 5.74) is 2.64. The van der Waals surface area contributed by atoms with Gasteiger partial charge in [-0.15, -0.1) is 0 Å². The maximum absolute atomic E-state index is 13.4. The molecule has 5 atom stereocenters. The Balaban J connectivity index is 1.23. The Hall–Kier alpha value is -2.32. The van der Waals surface area contributed by atoms with E-state index < -0.39 is 0 Å². The fourth-order valence-electron chi connectivity index (χ4n) is 6.55. The zero-order valence-corrected chi connectivity index (χ0v) is 17.8. The second-order valence-electron chi connectivity index (χ2n) is 9.24. The van der Waals surface area contributed by atoms with Crippen LogP contribution in [0.15, 0.2) is 39.9 Å². The molecule has 0 bridgehead atoms. The minimum absolute atomic E-state index is 0.0138. The van der Waals surface area contributed by atoms with E-state index in [2.05, 4.69) is 30.9 Å². The molecule has 5 unspecified atom stereocenters. The van der Waals surface area contributed by atoms with Gasteiger partial charge in [-0.1, -0.05) is 30.3 Å². The highest BCUT2D eigenvalue weighted by Crippen LogP contribution is 2.73. The number of Topliss-reactive ketones (excluding diaryl/α,β-unsaturated/α-hetero) is 1. The van der Waals surface area contributed by atoms with E-state index >= 15 is 0 Å². The predicted octanol–water partition coefficient (Wildman–Crippen LogP) is 2.51. The van der Waals surface area contributed by atoms with Crippen LogP contribution in [0.4, 0.5) is 0 Å². The second-order valence-corrected chi connectivity index (χ2v) is 9.99. The first kappa shape index (κ1) is 17.4. The first-order valence-electron chi connectivity index (χ1n) is 10.6. The number of carbonyl (C=O) groups excluding carboxylic acids is 1. The summed E-state index contributed by atoms with van der Waals surface area (Å²) in [6.07, 6.45) is 3.13. The number of fused-ring (bicyclic) bond motifs is 8. The van der Waals surface area contributed by atoms with Gasteiger partial charge < -0.3 is 0 Å². The molecule has 152 valence electrons. The molecule has 3 aliphatic carbocycles. The Kier molecular flexibility index (Phi) is 3.29. The van der Waals surface area contributed by atoms with E-state index in [4.69, 9.17) is 4.98 Å². The molecular formula is C22H20BrN5O2. The molecule has 0 radical (unpaired) electrons. The Morgan fingerprint density at radius 3 is 2.87 bits per heavy atom. The summed E-state index contributed by atoms with van der Waals surface area (Å²) < 4.78 is 2.01. The largest absolute Gasteiger partial charge is 0.293 e. The van der Waals surface area contributed by atoms with Gasteiger partial charge in [0.1, 0.15) is 0 Å². The second kappa shape index (κ2) is 5.68. The fourth-order valence-corrected chi connectivity index (χ4v) is 6.89. The zero-order valence-electron chi connectivity index (χ0n) is 16.2. The standard InChI is InChI=1S/C22H20BrN5O2/c23-20-25-21-24-18-12-8-13(12)22(17(18)19(30)28(21)26-20)6-7-27(15-9-14(15)22)10-16(29)11-4-2-1-3-5-11/h1-5,12-15H,6-10H2,(H,24,25,26). The van der Waals surface area contributed by atoms with Crippen LogP contribution in [0.5, 0.6) is 0 Å². The van der Waals surface area contributed by atoms with E-state index in [9.17, 15) is 9.59 Å². The molecule has 3 fully saturated rings. The van der Waals surface area contributed by atoms with E-state index in [1.54, 1.807) is 0 Å². The van der Waals surface area contributed by atoms with Gasteiger partial charge in [0.25, 0.3) is 11.3 Å². The van der Waals surface area contributed by atoms with Gasteiger partial charge in [-0.05, 0) is 53.6 Å². The average molecular weight is 466 g/mol. The van der Waals surface area contributed by atoms with Gasteiger partial charge in [-0.2, -0.15) is 9.50 Å². The molecule has 3 aromatic rings. The van der Waals surface area contributed by atoms with Gasteiger partial charge in [0.15, 0.2) is 10.5 Å². The monoisotopic (exact) mass is 465 g/mol. The van der Waals surface area contributed by atoms with Crippen molar-refractivity contribution in [3.8, 4) is 0 Å². The van der Waals surface area contributed by atoms with Gasteiger partial charge in [0.05, 0.1) is 12.2 Å². The molecule has 0 amide bonds. The molecule has 7 rings (SSSR count). The van der Waals surface area contributed by atoms with Gasteiger partial charge in [-0.25, -0.2) is 4.98 Å². The number of rotatable bonds is 3. The third-order valence-corrected chi connectivity index (χ3v) is 8.26. The van der Waals surface area contributed by atoms with Crippen LogP contribution in [-0.4, -0.2) is 49.4 Å². The Bertz CT molecular complexity index is 1280. The number of benzene rings is 1. The molecule has 2 aromatic heterocycles. The number of ketones is 1. The lowest BCUT2D eigenvalue weighted by Gasteiger charge is -2.40. The first-order valence-corrected chi connectivity index (χ1v) is 11.4. The fraction of sp³-hybridized carbons (Fsp3) is 0.455. The van der Waals surface area contributed by atoms with Crippen LogP contribution in [0.2, 0.25) is 0 Å². The molecule has 8 heteroatoms. The van der Waals surface area contributed by atoms with E-state index in [0.717, 1.165) is 42.6 Å². The molecule has 1 saturated heterocycles. The van der Waals surface area contributed by atoms with Crippen molar-refractivity contribution in [3.63, 3.8) is 0 Å². The lowest BCUT2D eigenvalue weighted by atomic mass is 9.70. The summed E-state index contributed by atoms with van der Waals surface area (Å²) in [6.45, 7) is 1.32. The topological polar surface area (TPSA) is 83.4 Å². The number of halogens is 1. The van der Waals surface area contributed by atoms with Crippen molar-refractivity contribution in [3.05, 3.63) is 62.2 Å². The summed E-state index contributed by atoms with van der Waals surface area (Å²) in [6, 6.07) is 9.93. The highest BCUT2D eigenvalue weighted by molar-refractivity contribution is 9.10. The van der Waals surface area contributed by atoms with Crippen LogP contribution >= 0.6 is 15.9 Å². The van der Waals surface area contributed by atoms with Crippen molar-refractivity contribution in [2.75, 3.05) is 13.1 Å². The summed E-state index contributed by atoms with van der Waals surface area (Å²) >= 11 is 3.33. The number of hydrogen-bond acceptors (Lipinski definition) is 5. The lowest BCUT2D eigenvalue weighted by molar-refractivity contribution is 0.0850. The molecule has 30 heavy (non-hydrogen) atoms. The number of likely N-dealkylation sites (tertiary alicyclic amines) is 1. The third-order valence-electron chi connectivity index (χ3n) is 7.91. The van der Waals surface area contributed by atoms with E-state index in [0.29, 0.717) is 40.9 Å². The summed E-state index contributed by atoms with van der Waals surface area (Å²) in [4.78, 5) is 37.6. The van der Waals surface area contributed by atoms with E-state index in [1.165, 1.54) is 4.52 Å². The number of aromatic amines is 1. The quantitative estimate of drug-likeness (QED) is 0.600. The minimum atomic E-state index is -0.0696. The van der Waals surface area contributed by atoms with E-state index in [1.807, 2.05) is 30.3 Å². The molecule has 4 aliphatic rings. The first-order chi connectivity index (χ1) is 14.6.